The highest BCUT2D eigenvalue weighted by Crippen LogP contribution is 2.41. The fraction of sp³-hybridized carbons (Fsp3) is 0.302. The van der Waals surface area contributed by atoms with E-state index in [0.29, 0.717) is 59.1 Å². The Labute approximate surface area is 365 Å². The minimum Gasteiger partial charge on any atom is -0.462 e. The molecule has 0 aliphatic heterocycles. The fourth-order valence-electron chi connectivity index (χ4n) is 7.05. The highest BCUT2D eigenvalue weighted by molar-refractivity contribution is 6.22. The molecule has 62 heavy (non-hydrogen) atoms. The van der Waals surface area contributed by atoms with E-state index in [0.717, 1.165) is 62.5 Å². The SMILES string of the molecule is C=CCCCCOC(=O)c1cc(C(=O)OCCCCC=C)cc(-c2ccc3c(c2)C(=O)c2cc(-c4cc(C(=O)OCCCCC=C)cc(C(=O)OCCCCC=C)c4)ccc2-3)c1. The van der Waals surface area contributed by atoms with Crippen LogP contribution in [0.25, 0.3) is 33.4 Å². The van der Waals surface area contributed by atoms with Gasteiger partial charge in [0, 0.05) is 11.1 Å². The van der Waals surface area contributed by atoms with Crippen LogP contribution in [0.5, 0.6) is 0 Å². The van der Waals surface area contributed by atoms with E-state index in [9.17, 15) is 24.0 Å². The predicted molar refractivity (Wildman–Crippen MR) is 244 cm³/mol. The Morgan fingerprint density at radius 2 is 0.661 bits per heavy atom. The fourth-order valence-corrected chi connectivity index (χ4v) is 7.05. The van der Waals surface area contributed by atoms with E-state index >= 15 is 0 Å². The second-order valence-corrected chi connectivity index (χ2v) is 15.1. The molecule has 9 nitrogen and oxygen atoms in total. The van der Waals surface area contributed by atoms with Crippen LogP contribution in [0.2, 0.25) is 0 Å². The Kier molecular flexibility index (Phi) is 18.0. The van der Waals surface area contributed by atoms with Crippen molar-refractivity contribution in [2.45, 2.75) is 77.0 Å². The van der Waals surface area contributed by atoms with Crippen molar-refractivity contribution < 1.29 is 42.9 Å². The van der Waals surface area contributed by atoms with Crippen LogP contribution < -0.4 is 0 Å². The molecule has 0 bridgehead atoms. The first-order valence-corrected chi connectivity index (χ1v) is 21.4. The molecule has 0 atom stereocenters. The monoisotopic (exact) mass is 836 g/mol. The lowest BCUT2D eigenvalue weighted by atomic mass is 9.95. The third kappa shape index (κ3) is 12.7. The molecule has 9 heteroatoms. The number of carbonyl (C=O) groups excluding carboxylic acids is 5. The van der Waals surface area contributed by atoms with Crippen molar-refractivity contribution >= 4 is 29.7 Å². The molecule has 1 aliphatic carbocycles. The summed E-state index contributed by atoms with van der Waals surface area (Å²) in [6, 6.07) is 20.5. The zero-order chi connectivity index (χ0) is 44.3. The smallest absolute Gasteiger partial charge is 0.338 e. The third-order valence-electron chi connectivity index (χ3n) is 10.4. The summed E-state index contributed by atoms with van der Waals surface area (Å²) >= 11 is 0. The molecular weight excluding hydrogens is 781 g/mol. The molecular formula is C53H56O9. The molecule has 0 radical (unpaired) electrons. The van der Waals surface area contributed by atoms with E-state index in [1.54, 1.807) is 36.4 Å². The number of ether oxygens (including phenoxy) is 4. The Hall–Kier alpha value is -6.61. The first-order valence-electron chi connectivity index (χ1n) is 21.4. The number of hydrogen-bond acceptors (Lipinski definition) is 9. The van der Waals surface area contributed by atoms with Crippen molar-refractivity contribution in [3.8, 4) is 33.4 Å². The van der Waals surface area contributed by atoms with Gasteiger partial charge >= 0.3 is 23.9 Å². The zero-order valence-electron chi connectivity index (χ0n) is 35.6. The largest absolute Gasteiger partial charge is 0.462 e. The summed E-state index contributed by atoms with van der Waals surface area (Å²) in [5, 5.41) is 0. The average molecular weight is 837 g/mol. The van der Waals surface area contributed by atoms with Crippen LogP contribution in [0.15, 0.2) is 123 Å². The average Bonchev–Trinajstić information content (AvgIpc) is 3.57. The minimum absolute atomic E-state index is 0.194. The Bertz CT molecular complexity index is 2040. The van der Waals surface area contributed by atoms with Gasteiger partial charge in [-0.15, -0.1) is 26.3 Å². The van der Waals surface area contributed by atoms with Crippen molar-refractivity contribution in [2.75, 3.05) is 26.4 Å². The van der Waals surface area contributed by atoms with Crippen LogP contribution >= 0.6 is 0 Å². The summed E-state index contributed by atoms with van der Waals surface area (Å²) in [6.07, 6.45) is 16.5. The molecule has 4 aromatic rings. The second kappa shape index (κ2) is 24.0. The van der Waals surface area contributed by atoms with Gasteiger partial charge in [-0.1, -0.05) is 48.6 Å². The number of fused-ring (bicyclic) bond motifs is 3. The molecule has 5 rings (SSSR count). The van der Waals surface area contributed by atoms with Crippen LogP contribution in [0.1, 0.15) is 134 Å². The first-order chi connectivity index (χ1) is 30.2. The maximum absolute atomic E-state index is 14.2. The lowest BCUT2D eigenvalue weighted by Gasteiger charge is -2.12. The molecule has 4 aromatic carbocycles. The van der Waals surface area contributed by atoms with Crippen LogP contribution in [0, 0.1) is 0 Å². The minimum atomic E-state index is -0.566. The standard InChI is InChI=1S/C53H56O9/c1-5-9-13-17-25-59-50(55)41-29-39(30-42(33-41)51(56)60-26-18-14-10-6-2)37-21-23-45-46-24-22-38(36-48(46)49(54)47(45)35-37)40-31-43(52(57)61-27-19-15-11-7-3)34-44(32-40)53(58)62-28-20-16-12-8-4/h5-8,21-24,29-36H,1-4,9-20,25-28H2. The van der Waals surface area contributed by atoms with E-state index in [2.05, 4.69) is 26.3 Å². The molecule has 0 unspecified atom stereocenters. The quantitative estimate of drug-likeness (QED) is 0.0232. The highest BCUT2D eigenvalue weighted by Gasteiger charge is 2.28. The molecule has 0 amide bonds. The second-order valence-electron chi connectivity index (χ2n) is 15.1. The summed E-state index contributed by atoms with van der Waals surface area (Å²) in [6.45, 7) is 15.8. The maximum atomic E-state index is 14.2. The van der Waals surface area contributed by atoms with E-state index in [1.807, 2.05) is 48.6 Å². The summed E-state index contributed by atoms with van der Waals surface area (Å²) in [5.74, 6) is -2.49. The number of allylic oxidation sites excluding steroid dienone is 4. The van der Waals surface area contributed by atoms with Gasteiger partial charge in [-0.05, 0) is 159 Å². The summed E-state index contributed by atoms with van der Waals surface area (Å²) in [7, 11) is 0. The molecule has 1 aliphatic rings. The van der Waals surface area contributed by atoms with Gasteiger partial charge in [0.1, 0.15) is 0 Å². The molecule has 0 fully saturated rings. The zero-order valence-corrected chi connectivity index (χ0v) is 35.6. The maximum Gasteiger partial charge on any atom is 0.338 e. The lowest BCUT2D eigenvalue weighted by molar-refractivity contribution is 0.0479. The van der Waals surface area contributed by atoms with Gasteiger partial charge in [-0.25, -0.2) is 19.2 Å². The number of carbonyl (C=O) groups is 5. The predicted octanol–water partition coefficient (Wildman–Crippen LogP) is 12.3. The van der Waals surface area contributed by atoms with Gasteiger partial charge in [0.05, 0.1) is 48.7 Å². The topological polar surface area (TPSA) is 122 Å². The molecule has 322 valence electrons. The van der Waals surface area contributed by atoms with Gasteiger partial charge < -0.3 is 18.9 Å². The molecule has 0 saturated heterocycles. The van der Waals surface area contributed by atoms with E-state index in [4.69, 9.17) is 18.9 Å². The van der Waals surface area contributed by atoms with Gasteiger partial charge in [0.2, 0.25) is 0 Å². The van der Waals surface area contributed by atoms with Crippen molar-refractivity contribution in [2.24, 2.45) is 0 Å². The van der Waals surface area contributed by atoms with Gasteiger partial charge in [-0.2, -0.15) is 0 Å². The summed E-state index contributed by atoms with van der Waals surface area (Å²) in [5.41, 5.74) is 5.45. The normalized spacial score (nSPS) is 11.2. The molecule has 0 heterocycles. The first kappa shape index (κ1) is 46.5. The van der Waals surface area contributed by atoms with Crippen molar-refractivity contribution in [3.63, 3.8) is 0 Å². The van der Waals surface area contributed by atoms with Gasteiger partial charge in [0.15, 0.2) is 5.78 Å². The van der Waals surface area contributed by atoms with Crippen LogP contribution in [-0.4, -0.2) is 56.1 Å². The Balaban J connectivity index is 1.43. The van der Waals surface area contributed by atoms with Crippen LogP contribution in [-0.2, 0) is 18.9 Å². The third-order valence-corrected chi connectivity index (χ3v) is 10.4. The lowest BCUT2D eigenvalue weighted by Crippen LogP contribution is -2.11. The van der Waals surface area contributed by atoms with Crippen molar-refractivity contribution in [1.82, 2.24) is 0 Å². The van der Waals surface area contributed by atoms with Gasteiger partial charge in [0.25, 0.3) is 0 Å². The number of rotatable bonds is 26. The summed E-state index contributed by atoms with van der Waals surface area (Å²) in [4.78, 5) is 67.3. The highest BCUT2D eigenvalue weighted by atomic mass is 16.5. The number of ketones is 1. The Morgan fingerprint density at radius 3 is 0.935 bits per heavy atom. The number of esters is 4. The van der Waals surface area contributed by atoms with E-state index < -0.39 is 23.9 Å². The molecule has 0 saturated carbocycles. The Morgan fingerprint density at radius 1 is 0.371 bits per heavy atom. The van der Waals surface area contributed by atoms with E-state index in [1.165, 1.54) is 12.1 Å². The van der Waals surface area contributed by atoms with Crippen LogP contribution in [0.4, 0.5) is 0 Å². The van der Waals surface area contributed by atoms with Crippen molar-refractivity contribution in [3.05, 3.63) is 157 Å². The van der Waals surface area contributed by atoms with Gasteiger partial charge in [-0.3, -0.25) is 4.79 Å². The molecule has 0 aromatic heterocycles. The van der Waals surface area contributed by atoms with Crippen LogP contribution in [0.3, 0.4) is 0 Å². The van der Waals surface area contributed by atoms with E-state index in [-0.39, 0.29) is 54.5 Å². The number of unbranched alkanes of at least 4 members (excludes halogenated alkanes) is 8. The molecule has 0 spiro atoms. The number of benzene rings is 4. The summed E-state index contributed by atoms with van der Waals surface area (Å²) < 4.78 is 22.2. The van der Waals surface area contributed by atoms with Crippen molar-refractivity contribution in [1.29, 1.82) is 0 Å². The number of hydrogen-bond donors (Lipinski definition) is 0. The molecule has 0 N–H and O–H groups in total.